The average molecular weight is 275 g/mol. The van der Waals surface area contributed by atoms with E-state index in [4.69, 9.17) is 0 Å². The molecule has 0 amide bonds. The van der Waals surface area contributed by atoms with Gasteiger partial charge >= 0.3 is 5.97 Å². The second kappa shape index (κ2) is 6.66. The number of nitrogens with zero attached hydrogens (tertiary/aromatic N) is 1. The van der Waals surface area contributed by atoms with E-state index in [2.05, 4.69) is 27.5 Å². The second-order valence-electron chi connectivity index (χ2n) is 5.44. The summed E-state index contributed by atoms with van der Waals surface area (Å²) < 4.78 is 4.64. The van der Waals surface area contributed by atoms with Crippen LogP contribution in [0.25, 0.3) is 0 Å². The molecule has 1 aliphatic rings. The van der Waals surface area contributed by atoms with Gasteiger partial charge < -0.3 is 10.2 Å². The zero-order valence-corrected chi connectivity index (χ0v) is 12.3. The molecule has 108 valence electrons. The number of hydrogen-bond acceptors (Lipinski definition) is 3. The number of aryl methyl sites for hydroxylation is 1. The molecular formula is C16H23N2O2+. The van der Waals surface area contributed by atoms with Crippen LogP contribution in [0.3, 0.4) is 0 Å². The number of carbonyl (C=O) groups excluding carboxylic acids is 2. The van der Waals surface area contributed by atoms with Crippen LogP contribution in [-0.4, -0.2) is 39.4 Å². The van der Waals surface area contributed by atoms with E-state index in [1.54, 1.807) is 0 Å². The fourth-order valence-electron chi connectivity index (χ4n) is 2.82. The van der Waals surface area contributed by atoms with Crippen LogP contribution in [0.2, 0.25) is 0 Å². The highest BCUT2D eigenvalue weighted by molar-refractivity contribution is 5.94. The lowest BCUT2D eigenvalue weighted by atomic mass is 9.95. The average Bonchev–Trinajstić information content (AvgIpc) is 2.47. The van der Waals surface area contributed by atoms with Gasteiger partial charge in [-0.05, 0) is 57.0 Å². The Bertz CT molecular complexity index is 491. The van der Waals surface area contributed by atoms with Crippen molar-refractivity contribution in [3.63, 3.8) is 0 Å². The minimum absolute atomic E-state index is 0.364. The summed E-state index contributed by atoms with van der Waals surface area (Å²) in [7, 11) is 2.00. The summed E-state index contributed by atoms with van der Waals surface area (Å²) in [5.74, 6) is 0.363. The first-order valence-electron chi connectivity index (χ1n) is 7.12. The van der Waals surface area contributed by atoms with Crippen molar-refractivity contribution in [2.75, 3.05) is 31.6 Å². The Labute approximate surface area is 120 Å². The minimum atomic E-state index is -0.364. The zero-order chi connectivity index (χ0) is 14.5. The molecule has 0 unspecified atom stereocenters. The summed E-state index contributed by atoms with van der Waals surface area (Å²) in [5.41, 5.74) is 2.73. The van der Waals surface area contributed by atoms with E-state index in [1.807, 2.05) is 26.1 Å². The summed E-state index contributed by atoms with van der Waals surface area (Å²) >= 11 is 0. The van der Waals surface area contributed by atoms with E-state index in [0.717, 1.165) is 49.6 Å². The summed E-state index contributed by atoms with van der Waals surface area (Å²) in [4.78, 5) is 14.1. The molecule has 0 aliphatic carbocycles. The van der Waals surface area contributed by atoms with Crippen LogP contribution < -0.4 is 10.2 Å². The van der Waals surface area contributed by atoms with Crippen LogP contribution in [0.1, 0.15) is 28.8 Å². The largest absolute Gasteiger partial charge is 0.614 e. The molecule has 1 N–H and O–H groups in total. The standard InChI is InChI=1S/C16H23N2O2/c1-12-4-5-14(16(19)20-3)15(10-12)18-8-6-13(7-9-18)11-17-2/h4-5,10,13,17H,3,6-9,11H2,1-2H3/q+1. The maximum absolute atomic E-state index is 11.8. The van der Waals surface area contributed by atoms with Crippen molar-refractivity contribution in [2.24, 2.45) is 5.92 Å². The van der Waals surface area contributed by atoms with Crippen molar-refractivity contribution in [3.8, 4) is 0 Å². The number of piperidine rings is 1. The Kier molecular flexibility index (Phi) is 4.90. The first-order valence-corrected chi connectivity index (χ1v) is 7.12. The monoisotopic (exact) mass is 275 g/mol. The number of rotatable bonds is 4. The number of anilines is 1. The van der Waals surface area contributed by atoms with E-state index >= 15 is 0 Å². The van der Waals surface area contributed by atoms with Crippen LogP contribution in [0, 0.1) is 12.8 Å². The first kappa shape index (κ1) is 14.7. The highest BCUT2D eigenvalue weighted by Crippen LogP contribution is 2.27. The van der Waals surface area contributed by atoms with Crippen molar-refractivity contribution >= 4 is 18.4 Å². The molecule has 0 radical (unpaired) electrons. The number of benzene rings is 1. The highest BCUT2D eigenvalue weighted by atomic mass is 16.4. The Morgan fingerprint density at radius 2 is 2.15 bits per heavy atom. The molecule has 0 spiro atoms. The zero-order valence-electron chi connectivity index (χ0n) is 12.3. The fraction of sp³-hybridized carbons (Fsp3) is 0.500. The van der Waals surface area contributed by atoms with Gasteiger partial charge in [-0.1, -0.05) is 6.07 Å². The molecule has 4 nitrogen and oxygen atoms in total. The van der Waals surface area contributed by atoms with Crippen molar-refractivity contribution in [1.29, 1.82) is 0 Å². The first-order chi connectivity index (χ1) is 9.65. The lowest BCUT2D eigenvalue weighted by Crippen LogP contribution is -2.37. The molecular weight excluding hydrogens is 252 g/mol. The predicted molar refractivity (Wildman–Crippen MR) is 81.5 cm³/mol. The molecule has 1 saturated heterocycles. The molecule has 2 rings (SSSR count). The van der Waals surface area contributed by atoms with Crippen LogP contribution >= 0.6 is 0 Å². The molecule has 0 saturated carbocycles. The maximum atomic E-state index is 11.8. The highest BCUT2D eigenvalue weighted by Gasteiger charge is 2.27. The molecule has 0 bridgehead atoms. The number of nitrogens with one attached hydrogen (secondary N) is 1. The molecule has 1 aromatic carbocycles. The van der Waals surface area contributed by atoms with E-state index in [1.165, 1.54) is 0 Å². The van der Waals surface area contributed by atoms with Gasteiger partial charge in [0.25, 0.3) is 0 Å². The Morgan fingerprint density at radius 3 is 2.75 bits per heavy atom. The van der Waals surface area contributed by atoms with Gasteiger partial charge in [0.05, 0.1) is 10.5 Å². The van der Waals surface area contributed by atoms with Crippen LogP contribution in [0.4, 0.5) is 5.69 Å². The molecule has 1 fully saturated rings. The van der Waals surface area contributed by atoms with Gasteiger partial charge in [0, 0.05) is 13.1 Å². The minimum Gasteiger partial charge on any atom is -0.371 e. The second-order valence-corrected chi connectivity index (χ2v) is 5.44. The van der Waals surface area contributed by atoms with Gasteiger partial charge in [0.15, 0.2) is 12.4 Å². The van der Waals surface area contributed by atoms with E-state index in [9.17, 15) is 4.79 Å². The van der Waals surface area contributed by atoms with Crippen molar-refractivity contribution in [1.82, 2.24) is 5.32 Å². The van der Waals surface area contributed by atoms with E-state index in [0.29, 0.717) is 5.56 Å². The maximum Gasteiger partial charge on any atom is 0.614 e. The molecule has 4 heteroatoms. The third kappa shape index (κ3) is 3.25. The predicted octanol–water partition coefficient (Wildman–Crippen LogP) is 1.94. The normalized spacial score (nSPS) is 16.2. The van der Waals surface area contributed by atoms with Crippen molar-refractivity contribution in [3.05, 3.63) is 29.3 Å². The van der Waals surface area contributed by atoms with Crippen molar-refractivity contribution < 1.29 is 9.22 Å². The van der Waals surface area contributed by atoms with E-state index < -0.39 is 0 Å². The van der Waals surface area contributed by atoms with Gasteiger partial charge in [-0.2, -0.15) is 0 Å². The molecule has 20 heavy (non-hydrogen) atoms. The third-order valence-electron chi connectivity index (χ3n) is 3.95. The SMILES string of the molecule is C=[O+]C(=O)c1ccc(C)cc1N1CCC(CNC)CC1. The van der Waals surface area contributed by atoms with E-state index in [-0.39, 0.29) is 5.97 Å². The molecule has 1 heterocycles. The smallest absolute Gasteiger partial charge is 0.371 e. The van der Waals surface area contributed by atoms with Crippen LogP contribution in [-0.2, 0) is 4.42 Å². The van der Waals surface area contributed by atoms with Gasteiger partial charge in [-0.25, -0.2) is 0 Å². The molecule has 1 aromatic rings. The summed E-state index contributed by atoms with van der Waals surface area (Å²) in [6.45, 7) is 8.29. The topological polar surface area (TPSA) is 43.6 Å². The Balaban J connectivity index is 2.18. The number of hydrogen-bond donors (Lipinski definition) is 1. The van der Waals surface area contributed by atoms with Crippen molar-refractivity contribution in [2.45, 2.75) is 19.8 Å². The molecule has 1 aliphatic heterocycles. The third-order valence-corrected chi connectivity index (χ3v) is 3.95. The molecule has 0 atom stereocenters. The number of carbonyl (C=O) groups is 1. The Hall–Kier alpha value is -1.68. The van der Waals surface area contributed by atoms with Crippen LogP contribution in [0.5, 0.6) is 0 Å². The summed E-state index contributed by atoms with van der Waals surface area (Å²) in [5, 5.41) is 3.24. The van der Waals surface area contributed by atoms with Gasteiger partial charge in [-0.3, -0.25) is 4.42 Å². The van der Waals surface area contributed by atoms with Gasteiger partial charge in [0.2, 0.25) is 0 Å². The van der Waals surface area contributed by atoms with Gasteiger partial charge in [0.1, 0.15) is 0 Å². The summed E-state index contributed by atoms with van der Waals surface area (Å²) in [6, 6.07) is 5.83. The lowest BCUT2D eigenvalue weighted by molar-refractivity contribution is -0.334. The van der Waals surface area contributed by atoms with Gasteiger partial charge in [-0.15, -0.1) is 0 Å². The Morgan fingerprint density at radius 1 is 1.45 bits per heavy atom. The lowest BCUT2D eigenvalue weighted by Gasteiger charge is -2.34. The molecule has 0 aromatic heterocycles. The van der Waals surface area contributed by atoms with Crippen LogP contribution in [0.15, 0.2) is 18.2 Å². The summed E-state index contributed by atoms with van der Waals surface area (Å²) in [6.07, 6.45) is 2.29. The fourth-order valence-corrected chi connectivity index (χ4v) is 2.82. The quantitative estimate of drug-likeness (QED) is 0.854.